The molecular weight excluding hydrogens is 401 g/mol. The van der Waals surface area contributed by atoms with E-state index in [0.29, 0.717) is 25.5 Å². The largest absolute Gasteiger partial charge is 0.381 e. The molecule has 2 saturated heterocycles. The number of carbonyl (C=O) groups is 2. The lowest BCUT2D eigenvalue weighted by Crippen LogP contribution is -2.57. The van der Waals surface area contributed by atoms with Crippen LogP contribution in [0.1, 0.15) is 18.4 Å². The highest BCUT2D eigenvalue weighted by Crippen LogP contribution is 2.20. The summed E-state index contributed by atoms with van der Waals surface area (Å²) < 4.78 is 18.7. The third-order valence-corrected chi connectivity index (χ3v) is 5.18. The van der Waals surface area contributed by atoms with Crippen molar-refractivity contribution in [3.05, 3.63) is 45.9 Å². The van der Waals surface area contributed by atoms with Gasteiger partial charge in [-0.05, 0) is 31.0 Å². The summed E-state index contributed by atoms with van der Waals surface area (Å²) in [6.45, 7) is 1.81. The molecule has 2 aliphatic heterocycles. The summed E-state index contributed by atoms with van der Waals surface area (Å²) in [6.07, 6.45) is 1.49. The first kappa shape index (κ1) is 21.2. The highest BCUT2D eigenvalue weighted by Gasteiger charge is 2.29. The molecule has 10 heteroatoms. The van der Waals surface area contributed by atoms with Gasteiger partial charge >= 0.3 is 0 Å². The van der Waals surface area contributed by atoms with E-state index >= 15 is 0 Å². The van der Waals surface area contributed by atoms with Crippen LogP contribution in [-0.2, 0) is 14.3 Å². The van der Waals surface area contributed by atoms with Crippen LogP contribution in [0.25, 0.3) is 0 Å². The molecule has 29 heavy (non-hydrogen) atoms. The summed E-state index contributed by atoms with van der Waals surface area (Å²) in [5.74, 6) is -1.66. The van der Waals surface area contributed by atoms with Gasteiger partial charge in [0.15, 0.2) is 0 Å². The van der Waals surface area contributed by atoms with Crippen LogP contribution < -0.4 is 21.7 Å². The number of carbonyl (C=O) groups excluding carboxylic acids is 2. The number of nitrogens with two attached hydrogens (primary N) is 1. The molecule has 1 aromatic rings. The maximum Gasteiger partial charge on any atom is 0.252 e. The Hall–Kier alpha value is -2.49. The monoisotopic (exact) mass is 423 g/mol. The molecule has 1 unspecified atom stereocenters. The Labute approximate surface area is 172 Å². The molecule has 6 N–H and O–H groups in total. The molecule has 2 heterocycles. The van der Waals surface area contributed by atoms with E-state index in [1.807, 2.05) is 0 Å². The third-order valence-electron chi connectivity index (χ3n) is 4.89. The smallest absolute Gasteiger partial charge is 0.252 e. The molecule has 0 radical (unpaired) electrons. The third kappa shape index (κ3) is 5.11. The zero-order valence-electron chi connectivity index (χ0n) is 15.7. The number of piperazine rings is 1. The number of halogens is 2. The quantitative estimate of drug-likeness (QED) is 0.346. The van der Waals surface area contributed by atoms with Crippen LogP contribution in [0, 0.1) is 11.2 Å². The van der Waals surface area contributed by atoms with Crippen LogP contribution in [0.5, 0.6) is 0 Å². The van der Waals surface area contributed by atoms with Gasteiger partial charge in [-0.25, -0.2) is 4.39 Å². The summed E-state index contributed by atoms with van der Waals surface area (Å²) in [5, 5.41) is 17.3. The lowest BCUT2D eigenvalue weighted by atomic mass is 9.98. The van der Waals surface area contributed by atoms with Crippen LogP contribution in [0.4, 0.5) is 4.39 Å². The van der Waals surface area contributed by atoms with Gasteiger partial charge in [0, 0.05) is 43.6 Å². The molecule has 1 atom stereocenters. The number of nitrogens with one attached hydrogen (secondary N) is 4. The maximum atomic E-state index is 13.4. The van der Waals surface area contributed by atoms with Crippen LogP contribution in [-0.4, -0.2) is 55.9 Å². The Bertz CT molecular complexity index is 854. The van der Waals surface area contributed by atoms with Gasteiger partial charge in [0.25, 0.3) is 5.91 Å². The fourth-order valence-electron chi connectivity index (χ4n) is 3.34. The van der Waals surface area contributed by atoms with Gasteiger partial charge < -0.3 is 26.4 Å². The number of ether oxygens (including phenoxy) is 1. The fourth-order valence-corrected chi connectivity index (χ4v) is 3.52. The minimum atomic E-state index is -0.828. The van der Waals surface area contributed by atoms with Gasteiger partial charge in [0.05, 0.1) is 16.3 Å². The molecule has 0 bridgehead atoms. The van der Waals surface area contributed by atoms with Crippen LogP contribution in [0.3, 0.4) is 0 Å². The molecule has 0 aliphatic carbocycles. The normalized spacial score (nSPS) is 21.8. The van der Waals surface area contributed by atoms with E-state index in [2.05, 4.69) is 16.0 Å². The second kappa shape index (κ2) is 9.34. The Balaban J connectivity index is 1.79. The van der Waals surface area contributed by atoms with Gasteiger partial charge in [0.1, 0.15) is 11.9 Å². The molecule has 156 valence electrons. The second-order valence-corrected chi connectivity index (χ2v) is 7.35. The lowest BCUT2D eigenvalue weighted by molar-refractivity contribution is -0.124. The molecule has 2 amide bonds. The fraction of sp³-hybridized carbons (Fsp3) is 0.421. The maximum absolute atomic E-state index is 13.4. The summed E-state index contributed by atoms with van der Waals surface area (Å²) in [4.78, 5) is 24.7. The molecule has 8 nitrogen and oxygen atoms in total. The van der Waals surface area contributed by atoms with Gasteiger partial charge in [-0.3, -0.25) is 15.0 Å². The first-order chi connectivity index (χ1) is 13.9. The topological polar surface area (TPSA) is 129 Å². The molecule has 0 aromatic heterocycles. The highest BCUT2D eigenvalue weighted by molar-refractivity contribution is 6.32. The molecule has 0 spiro atoms. The minimum absolute atomic E-state index is 0.0441. The van der Waals surface area contributed by atoms with Crippen molar-refractivity contribution in [3.63, 3.8) is 0 Å². The van der Waals surface area contributed by atoms with Crippen LogP contribution >= 0.6 is 11.6 Å². The van der Waals surface area contributed by atoms with E-state index in [4.69, 9.17) is 27.5 Å². The summed E-state index contributed by atoms with van der Waals surface area (Å²) in [5.41, 5.74) is 5.82. The average Bonchev–Trinajstić information content (AvgIpc) is 2.71. The van der Waals surface area contributed by atoms with E-state index < -0.39 is 17.8 Å². The van der Waals surface area contributed by atoms with Gasteiger partial charge in [-0.15, -0.1) is 0 Å². The van der Waals surface area contributed by atoms with Gasteiger partial charge in [0.2, 0.25) is 5.91 Å². The first-order valence-corrected chi connectivity index (χ1v) is 9.67. The summed E-state index contributed by atoms with van der Waals surface area (Å²) >= 11 is 5.79. The Morgan fingerprint density at radius 2 is 2.03 bits per heavy atom. The zero-order valence-corrected chi connectivity index (χ0v) is 16.4. The summed E-state index contributed by atoms with van der Waals surface area (Å²) in [7, 11) is 0. The lowest BCUT2D eigenvalue weighted by Gasteiger charge is -2.31. The Kier molecular flexibility index (Phi) is 6.83. The molecule has 1 aromatic carbocycles. The van der Waals surface area contributed by atoms with Crippen molar-refractivity contribution < 1.29 is 18.7 Å². The molecule has 0 saturated carbocycles. The van der Waals surface area contributed by atoms with E-state index in [1.54, 1.807) is 0 Å². The number of rotatable bonds is 5. The van der Waals surface area contributed by atoms with Crippen molar-refractivity contribution in [2.75, 3.05) is 26.3 Å². The SMILES string of the molecule is N=C(/C(C(N)=O)=C1/CNCC(C(=O)NC2CCOCC2)N1)c1ccc(F)c(Cl)c1. The molecule has 3 rings (SSSR count). The number of primary amides is 1. The van der Waals surface area contributed by atoms with Crippen molar-refractivity contribution in [3.8, 4) is 0 Å². The predicted octanol–water partition coefficient (Wildman–Crippen LogP) is 0.443. The van der Waals surface area contributed by atoms with Crippen LogP contribution in [0.15, 0.2) is 29.5 Å². The minimum Gasteiger partial charge on any atom is -0.381 e. The summed E-state index contributed by atoms with van der Waals surface area (Å²) in [6, 6.07) is 3.14. The van der Waals surface area contributed by atoms with Crippen molar-refractivity contribution in [1.29, 1.82) is 5.41 Å². The van der Waals surface area contributed by atoms with Gasteiger partial charge in [-0.2, -0.15) is 0 Å². The molecule has 2 fully saturated rings. The average molecular weight is 424 g/mol. The number of benzene rings is 1. The van der Waals surface area contributed by atoms with E-state index in [0.717, 1.165) is 18.9 Å². The number of amides is 2. The van der Waals surface area contributed by atoms with Crippen molar-refractivity contribution >= 4 is 29.1 Å². The van der Waals surface area contributed by atoms with Crippen molar-refractivity contribution in [2.24, 2.45) is 5.73 Å². The number of hydrogen-bond acceptors (Lipinski definition) is 6. The molecule has 2 aliphatic rings. The number of hydrogen-bond donors (Lipinski definition) is 5. The van der Waals surface area contributed by atoms with E-state index in [1.165, 1.54) is 12.1 Å². The zero-order chi connectivity index (χ0) is 21.0. The predicted molar refractivity (Wildman–Crippen MR) is 106 cm³/mol. The Morgan fingerprint density at radius 3 is 2.69 bits per heavy atom. The second-order valence-electron chi connectivity index (χ2n) is 6.94. The highest BCUT2D eigenvalue weighted by atomic mass is 35.5. The van der Waals surface area contributed by atoms with E-state index in [-0.39, 0.29) is 40.4 Å². The van der Waals surface area contributed by atoms with Gasteiger partial charge in [-0.1, -0.05) is 11.6 Å². The van der Waals surface area contributed by atoms with E-state index in [9.17, 15) is 14.0 Å². The van der Waals surface area contributed by atoms with Crippen LogP contribution in [0.2, 0.25) is 5.02 Å². The van der Waals surface area contributed by atoms with Crippen molar-refractivity contribution in [2.45, 2.75) is 24.9 Å². The Morgan fingerprint density at radius 1 is 1.31 bits per heavy atom. The van der Waals surface area contributed by atoms with Crippen molar-refractivity contribution in [1.82, 2.24) is 16.0 Å². The molecular formula is C19H23ClFN5O3. The standard InChI is InChI=1S/C19H23ClFN5O3/c20-12-7-10(1-2-13(12)21)17(22)16(18(23)27)14-8-24-9-15(26-14)19(28)25-11-3-5-29-6-4-11/h1-2,7,11,15,22,24,26H,3-6,8-9H2,(H2,23,27)(H,25,28)/b16-14+,22-17?. The first-order valence-electron chi connectivity index (χ1n) is 9.29.